The van der Waals surface area contributed by atoms with Crippen molar-refractivity contribution >= 4 is 24.1 Å². The molecule has 1 saturated heterocycles. The van der Waals surface area contributed by atoms with Gasteiger partial charge in [-0.05, 0) is 0 Å². The van der Waals surface area contributed by atoms with Crippen LogP contribution in [0.3, 0.4) is 0 Å². The van der Waals surface area contributed by atoms with Gasteiger partial charge in [-0.1, -0.05) is 0 Å². The van der Waals surface area contributed by atoms with Crippen molar-refractivity contribution in [3.63, 3.8) is 0 Å². The average Bonchev–Trinajstić information content (AvgIpc) is 2.38. The summed E-state index contributed by atoms with van der Waals surface area (Å²) in [5.74, 6) is 0.675. The lowest BCUT2D eigenvalue weighted by atomic mass is 10.5. The maximum atomic E-state index is 10.8. The Kier molecular flexibility index (Phi) is 2.70. The molecule has 2 N–H and O–H groups in total. The minimum absolute atomic E-state index is 0.231. The number of thioether (sulfide) groups is 1. The van der Waals surface area contributed by atoms with Gasteiger partial charge in [0.05, 0.1) is 0 Å². The number of amides is 2. The highest BCUT2D eigenvalue weighted by Crippen LogP contribution is 2.12. The maximum Gasteiger partial charge on any atom is 0.253 e. The van der Waals surface area contributed by atoms with Gasteiger partial charge in [-0.2, -0.15) is 0 Å². The second-order valence-corrected chi connectivity index (χ2v) is 3.04. The van der Waals surface area contributed by atoms with E-state index in [4.69, 9.17) is 0 Å². The number of carbonyl (C=O) groups is 2. The van der Waals surface area contributed by atoms with Crippen molar-refractivity contribution in [1.82, 2.24) is 10.6 Å². The highest BCUT2D eigenvalue weighted by molar-refractivity contribution is 8.00. The summed E-state index contributed by atoms with van der Waals surface area (Å²) in [4.78, 5) is 20.6. The minimum Gasteiger partial charge on any atom is -0.297 e. The van der Waals surface area contributed by atoms with Crippen molar-refractivity contribution in [2.24, 2.45) is 0 Å². The molecule has 1 fully saturated rings. The van der Waals surface area contributed by atoms with Crippen molar-refractivity contribution in [3.8, 4) is 0 Å². The Hall–Kier alpha value is -0.550. The zero-order valence-electron chi connectivity index (χ0n) is 5.29. The van der Waals surface area contributed by atoms with Crippen LogP contribution in [-0.4, -0.2) is 30.0 Å². The average molecular weight is 160 g/mol. The summed E-state index contributed by atoms with van der Waals surface area (Å²) in [6, 6.07) is 0. The summed E-state index contributed by atoms with van der Waals surface area (Å²) < 4.78 is 0. The van der Waals surface area contributed by atoms with Crippen LogP contribution in [0.4, 0.5) is 0 Å². The number of imide groups is 1. The molecule has 0 aromatic heterocycles. The summed E-state index contributed by atoms with van der Waals surface area (Å²) in [7, 11) is 0. The normalized spacial score (nSPS) is 24.2. The van der Waals surface area contributed by atoms with Crippen molar-refractivity contribution < 1.29 is 9.59 Å². The number of hydrogen-bond donors (Lipinski definition) is 2. The van der Waals surface area contributed by atoms with Gasteiger partial charge in [0.25, 0.3) is 5.91 Å². The van der Waals surface area contributed by atoms with Crippen molar-refractivity contribution in [2.75, 3.05) is 12.3 Å². The van der Waals surface area contributed by atoms with Gasteiger partial charge in [0.1, 0.15) is 5.37 Å². The number of nitrogens with one attached hydrogen (secondary N) is 2. The molecule has 4 nitrogen and oxygen atoms in total. The molecule has 1 aliphatic rings. The van der Waals surface area contributed by atoms with Crippen LogP contribution in [0.5, 0.6) is 0 Å². The molecule has 1 rings (SSSR count). The lowest BCUT2D eigenvalue weighted by Crippen LogP contribution is -2.38. The van der Waals surface area contributed by atoms with Gasteiger partial charge >= 0.3 is 0 Å². The molecule has 0 saturated carbocycles. The molecule has 2 amide bonds. The van der Waals surface area contributed by atoms with Gasteiger partial charge in [-0.15, -0.1) is 11.8 Å². The molecule has 0 radical (unpaired) electrons. The quantitative estimate of drug-likeness (QED) is 0.505. The summed E-state index contributed by atoms with van der Waals surface area (Å²) in [6.45, 7) is 0.835. The molecule has 10 heavy (non-hydrogen) atoms. The summed E-state index contributed by atoms with van der Waals surface area (Å²) in [5.41, 5.74) is 0. The second-order valence-electron chi connectivity index (χ2n) is 1.83. The van der Waals surface area contributed by atoms with E-state index in [-0.39, 0.29) is 11.3 Å². The Bertz CT molecular complexity index is 145. The van der Waals surface area contributed by atoms with Crippen LogP contribution in [0.25, 0.3) is 0 Å². The van der Waals surface area contributed by atoms with Gasteiger partial charge in [0.2, 0.25) is 6.41 Å². The first kappa shape index (κ1) is 7.56. The van der Waals surface area contributed by atoms with Crippen molar-refractivity contribution in [2.45, 2.75) is 5.37 Å². The van der Waals surface area contributed by atoms with Crippen LogP contribution < -0.4 is 10.6 Å². The SMILES string of the molecule is O=CNC(=O)C1NCCS1. The first-order valence-corrected chi connectivity index (χ1v) is 3.98. The van der Waals surface area contributed by atoms with E-state index in [1.54, 1.807) is 0 Å². The molecular formula is C5H8N2O2S. The van der Waals surface area contributed by atoms with Gasteiger partial charge in [-0.25, -0.2) is 0 Å². The van der Waals surface area contributed by atoms with Crippen LogP contribution >= 0.6 is 11.8 Å². The molecule has 5 heteroatoms. The topological polar surface area (TPSA) is 58.2 Å². The fourth-order valence-electron chi connectivity index (χ4n) is 0.728. The van der Waals surface area contributed by atoms with Crippen molar-refractivity contribution in [1.29, 1.82) is 0 Å². The molecule has 0 aromatic carbocycles. The fraction of sp³-hybridized carbons (Fsp3) is 0.600. The Balaban J connectivity index is 2.32. The van der Waals surface area contributed by atoms with Gasteiger partial charge < -0.3 is 0 Å². The monoisotopic (exact) mass is 160 g/mol. The smallest absolute Gasteiger partial charge is 0.253 e. The lowest BCUT2D eigenvalue weighted by molar-refractivity contribution is -0.125. The molecule has 1 unspecified atom stereocenters. The standard InChI is InChI=1S/C5H8N2O2S/c8-3-7-4(9)5-6-1-2-10-5/h3,5-6H,1-2H2,(H,7,8,9). The molecule has 1 atom stereocenters. The van der Waals surface area contributed by atoms with Gasteiger partial charge in [-0.3, -0.25) is 20.2 Å². The minimum atomic E-state index is -0.252. The molecule has 0 bridgehead atoms. The molecule has 56 valence electrons. The van der Waals surface area contributed by atoms with Crippen LogP contribution in [0.15, 0.2) is 0 Å². The summed E-state index contributed by atoms with van der Waals surface area (Å²) in [6.07, 6.45) is 0.406. The van der Waals surface area contributed by atoms with E-state index in [9.17, 15) is 9.59 Å². The predicted octanol–water partition coefficient (Wildman–Crippen LogP) is -1.08. The molecule has 0 spiro atoms. The van der Waals surface area contributed by atoms with E-state index in [2.05, 4.69) is 10.6 Å². The maximum absolute atomic E-state index is 10.8. The van der Waals surface area contributed by atoms with Gasteiger partial charge in [0.15, 0.2) is 0 Å². The molecule has 0 aliphatic carbocycles. The van der Waals surface area contributed by atoms with Gasteiger partial charge in [0, 0.05) is 12.3 Å². The summed E-state index contributed by atoms with van der Waals surface area (Å²) in [5, 5.41) is 4.79. The van der Waals surface area contributed by atoms with Crippen LogP contribution in [0.2, 0.25) is 0 Å². The lowest BCUT2D eigenvalue weighted by Gasteiger charge is -2.04. The van der Waals surface area contributed by atoms with E-state index in [0.29, 0.717) is 6.41 Å². The van der Waals surface area contributed by atoms with E-state index >= 15 is 0 Å². The summed E-state index contributed by atoms with van der Waals surface area (Å²) >= 11 is 1.51. The van der Waals surface area contributed by atoms with E-state index < -0.39 is 0 Å². The zero-order chi connectivity index (χ0) is 7.40. The van der Waals surface area contributed by atoms with Crippen LogP contribution in [-0.2, 0) is 9.59 Å². The Morgan fingerprint density at radius 2 is 2.60 bits per heavy atom. The third-order valence-corrected chi connectivity index (χ3v) is 2.31. The largest absolute Gasteiger partial charge is 0.297 e. The van der Waals surface area contributed by atoms with Crippen LogP contribution in [0, 0.1) is 0 Å². The fourth-order valence-corrected chi connectivity index (χ4v) is 1.65. The van der Waals surface area contributed by atoms with Crippen molar-refractivity contribution in [3.05, 3.63) is 0 Å². The Morgan fingerprint density at radius 1 is 1.80 bits per heavy atom. The van der Waals surface area contributed by atoms with Crippen LogP contribution in [0.1, 0.15) is 0 Å². The highest BCUT2D eigenvalue weighted by Gasteiger charge is 2.21. The second kappa shape index (κ2) is 3.58. The third kappa shape index (κ3) is 1.71. The van der Waals surface area contributed by atoms with E-state index in [0.717, 1.165) is 12.3 Å². The third-order valence-electron chi connectivity index (χ3n) is 1.16. The molecule has 1 heterocycles. The zero-order valence-corrected chi connectivity index (χ0v) is 6.11. The first-order chi connectivity index (χ1) is 4.84. The first-order valence-electron chi connectivity index (χ1n) is 2.93. The molecule has 0 aromatic rings. The number of carbonyl (C=O) groups excluding carboxylic acids is 2. The molecular weight excluding hydrogens is 152 g/mol. The number of rotatable bonds is 2. The Morgan fingerprint density at radius 3 is 3.10 bits per heavy atom. The van der Waals surface area contributed by atoms with E-state index in [1.165, 1.54) is 11.8 Å². The predicted molar refractivity (Wildman–Crippen MR) is 38.5 cm³/mol. The Labute approximate surface area is 62.7 Å². The number of hydrogen-bond acceptors (Lipinski definition) is 4. The van der Waals surface area contributed by atoms with E-state index in [1.807, 2.05) is 0 Å². The molecule has 1 aliphatic heterocycles. The highest BCUT2D eigenvalue weighted by atomic mass is 32.2.